The number of amides is 3. The summed E-state index contributed by atoms with van der Waals surface area (Å²) in [6, 6.07) is 6.98. The summed E-state index contributed by atoms with van der Waals surface area (Å²) in [6.45, 7) is 1.14. The second kappa shape index (κ2) is 7.33. The highest BCUT2D eigenvalue weighted by molar-refractivity contribution is 7.20. The van der Waals surface area contributed by atoms with Crippen LogP contribution in [0.5, 0.6) is 0 Å². The summed E-state index contributed by atoms with van der Waals surface area (Å²) in [4.78, 5) is 39.1. The molecule has 0 saturated carbocycles. The number of carboxylic acids is 1. The van der Waals surface area contributed by atoms with Gasteiger partial charge in [0.25, 0.3) is 0 Å². The normalized spacial score (nSPS) is 15.1. The van der Waals surface area contributed by atoms with Crippen LogP contribution in [0.4, 0.5) is 10.5 Å². The second-order valence-corrected chi connectivity index (χ2v) is 7.68. The summed E-state index contributed by atoms with van der Waals surface area (Å²) in [7, 11) is 3.44. The molecular weight excluding hydrogens is 354 g/mol. The van der Waals surface area contributed by atoms with Crippen LogP contribution in [-0.2, 0) is 4.79 Å². The largest absolute Gasteiger partial charge is 0.477 e. The van der Waals surface area contributed by atoms with Crippen LogP contribution in [-0.4, -0.2) is 60.0 Å². The van der Waals surface area contributed by atoms with Crippen molar-refractivity contribution in [3.63, 3.8) is 0 Å². The van der Waals surface area contributed by atoms with Crippen LogP contribution in [0, 0.1) is 5.92 Å². The van der Waals surface area contributed by atoms with E-state index in [1.54, 1.807) is 42.1 Å². The number of rotatable bonds is 3. The first kappa shape index (κ1) is 18.2. The lowest BCUT2D eigenvalue weighted by molar-refractivity contribution is -0.121. The third kappa shape index (κ3) is 3.80. The summed E-state index contributed by atoms with van der Waals surface area (Å²) in [6.07, 6.45) is 1.27. The maximum absolute atomic E-state index is 12.5. The van der Waals surface area contributed by atoms with Gasteiger partial charge in [0.05, 0.1) is 0 Å². The highest BCUT2D eigenvalue weighted by Gasteiger charge is 2.28. The van der Waals surface area contributed by atoms with Crippen molar-refractivity contribution in [1.29, 1.82) is 0 Å². The number of hydrogen-bond acceptors (Lipinski definition) is 4. The summed E-state index contributed by atoms with van der Waals surface area (Å²) >= 11 is 1.21. The third-order valence-electron chi connectivity index (χ3n) is 4.51. The number of nitrogens with one attached hydrogen (secondary N) is 1. The van der Waals surface area contributed by atoms with Gasteiger partial charge in [-0.05, 0) is 42.5 Å². The highest BCUT2D eigenvalue weighted by Crippen LogP contribution is 2.29. The van der Waals surface area contributed by atoms with Crippen LogP contribution in [0.15, 0.2) is 24.3 Å². The number of fused-ring (bicyclic) bond motifs is 1. The topological polar surface area (TPSA) is 90.0 Å². The highest BCUT2D eigenvalue weighted by atomic mass is 32.1. The van der Waals surface area contributed by atoms with Crippen LogP contribution in [0.2, 0.25) is 0 Å². The van der Waals surface area contributed by atoms with Crippen molar-refractivity contribution in [1.82, 2.24) is 9.80 Å². The van der Waals surface area contributed by atoms with Gasteiger partial charge in [-0.1, -0.05) is 0 Å². The SMILES string of the molecule is CN(C)C(=O)N1CCC(C(=O)Nc2ccc3sc(C(=O)O)cc3c2)CC1. The molecule has 3 amide bonds. The van der Waals surface area contributed by atoms with E-state index in [4.69, 9.17) is 5.11 Å². The van der Waals surface area contributed by atoms with Crippen molar-refractivity contribution < 1.29 is 19.5 Å². The van der Waals surface area contributed by atoms with E-state index in [-0.39, 0.29) is 22.7 Å². The van der Waals surface area contributed by atoms with E-state index < -0.39 is 5.97 Å². The van der Waals surface area contributed by atoms with Gasteiger partial charge >= 0.3 is 12.0 Å². The summed E-state index contributed by atoms with van der Waals surface area (Å²) < 4.78 is 0.871. The predicted octanol–water partition coefficient (Wildman–Crippen LogP) is 2.93. The molecule has 0 bridgehead atoms. The van der Waals surface area contributed by atoms with Gasteiger partial charge in [0, 0.05) is 43.5 Å². The molecule has 2 N–H and O–H groups in total. The van der Waals surface area contributed by atoms with Gasteiger partial charge in [-0.15, -0.1) is 11.3 Å². The fourth-order valence-corrected chi connectivity index (χ4v) is 3.97. The number of aromatic carboxylic acids is 1. The second-order valence-electron chi connectivity index (χ2n) is 6.60. The molecular formula is C18H21N3O4S. The molecule has 1 aliphatic rings. The Morgan fingerprint density at radius 1 is 1.19 bits per heavy atom. The molecule has 8 heteroatoms. The van der Waals surface area contributed by atoms with Crippen molar-refractivity contribution in [2.45, 2.75) is 12.8 Å². The quantitative estimate of drug-likeness (QED) is 0.863. The molecule has 1 fully saturated rings. The lowest BCUT2D eigenvalue weighted by atomic mass is 9.96. The van der Waals surface area contributed by atoms with Crippen molar-refractivity contribution in [3.05, 3.63) is 29.1 Å². The van der Waals surface area contributed by atoms with Crippen molar-refractivity contribution in [2.24, 2.45) is 5.92 Å². The van der Waals surface area contributed by atoms with Crippen molar-refractivity contribution in [3.8, 4) is 0 Å². The molecule has 1 aromatic heterocycles. The van der Waals surface area contributed by atoms with Crippen LogP contribution in [0.25, 0.3) is 10.1 Å². The molecule has 1 aliphatic heterocycles. The number of benzene rings is 1. The smallest absolute Gasteiger partial charge is 0.345 e. The number of urea groups is 1. The maximum atomic E-state index is 12.5. The molecule has 0 unspecified atom stereocenters. The maximum Gasteiger partial charge on any atom is 0.345 e. The number of carbonyl (C=O) groups excluding carboxylic acids is 2. The van der Waals surface area contributed by atoms with E-state index in [2.05, 4.69) is 5.32 Å². The van der Waals surface area contributed by atoms with Gasteiger partial charge in [0.15, 0.2) is 0 Å². The standard InChI is InChI=1S/C18H21N3O4S/c1-20(2)18(25)21-7-5-11(6-8-21)16(22)19-13-3-4-14-12(9-13)10-15(26-14)17(23)24/h3-4,9-11H,5-8H2,1-2H3,(H,19,22)(H,23,24). The third-order valence-corrected chi connectivity index (χ3v) is 5.62. The molecule has 1 saturated heterocycles. The zero-order valence-corrected chi connectivity index (χ0v) is 15.5. The monoisotopic (exact) mass is 375 g/mol. The fourth-order valence-electron chi connectivity index (χ4n) is 3.09. The van der Waals surface area contributed by atoms with Crippen LogP contribution in [0.1, 0.15) is 22.5 Å². The van der Waals surface area contributed by atoms with Gasteiger partial charge in [0.2, 0.25) is 5.91 Å². The Morgan fingerprint density at radius 2 is 1.88 bits per heavy atom. The van der Waals surface area contributed by atoms with Crippen molar-refractivity contribution in [2.75, 3.05) is 32.5 Å². The Hall–Kier alpha value is -2.61. The summed E-state index contributed by atoms with van der Waals surface area (Å²) in [5.74, 6) is -1.14. The van der Waals surface area contributed by atoms with Gasteiger partial charge in [-0.25, -0.2) is 9.59 Å². The Balaban J connectivity index is 1.62. The first-order valence-electron chi connectivity index (χ1n) is 8.39. The first-order chi connectivity index (χ1) is 12.3. The number of anilines is 1. The lowest BCUT2D eigenvalue weighted by Crippen LogP contribution is -2.45. The average Bonchev–Trinajstić information content (AvgIpc) is 3.04. The van der Waals surface area contributed by atoms with E-state index in [9.17, 15) is 14.4 Å². The number of thiophene rings is 1. The van der Waals surface area contributed by atoms with Crippen molar-refractivity contribution >= 4 is 45.0 Å². The Bertz CT molecular complexity index is 853. The summed E-state index contributed by atoms with van der Waals surface area (Å²) in [5.41, 5.74) is 0.657. The number of carbonyl (C=O) groups is 3. The molecule has 2 heterocycles. The fraction of sp³-hybridized carbons (Fsp3) is 0.389. The molecule has 0 aliphatic carbocycles. The van der Waals surface area contributed by atoms with Crippen LogP contribution < -0.4 is 5.32 Å². The molecule has 0 spiro atoms. The van der Waals surface area contributed by atoms with Crippen LogP contribution >= 0.6 is 11.3 Å². The predicted molar refractivity (Wildman–Crippen MR) is 101 cm³/mol. The van der Waals surface area contributed by atoms with E-state index in [1.165, 1.54) is 11.3 Å². The zero-order chi connectivity index (χ0) is 18.8. The minimum Gasteiger partial charge on any atom is -0.477 e. The zero-order valence-electron chi connectivity index (χ0n) is 14.7. The van der Waals surface area contributed by atoms with E-state index in [0.29, 0.717) is 31.6 Å². The average molecular weight is 375 g/mol. The number of nitrogens with zero attached hydrogens (tertiary/aromatic N) is 2. The molecule has 3 rings (SSSR count). The lowest BCUT2D eigenvalue weighted by Gasteiger charge is -2.33. The van der Waals surface area contributed by atoms with E-state index in [1.807, 2.05) is 6.07 Å². The van der Waals surface area contributed by atoms with Gasteiger partial charge in [0.1, 0.15) is 4.88 Å². The molecule has 2 aromatic rings. The van der Waals surface area contributed by atoms with Gasteiger partial charge < -0.3 is 20.2 Å². The first-order valence-corrected chi connectivity index (χ1v) is 9.21. The molecule has 0 atom stereocenters. The van der Waals surface area contributed by atoms with Gasteiger partial charge in [-0.2, -0.15) is 0 Å². The van der Waals surface area contributed by atoms with Gasteiger partial charge in [-0.3, -0.25) is 4.79 Å². The number of hydrogen-bond donors (Lipinski definition) is 2. The minimum absolute atomic E-state index is 0.0268. The van der Waals surface area contributed by atoms with E-state index in [0.717, 1.165) is 10.1 Å². The molecule has 1 aromatic carbocycles. The number of likely N-dealkylation sites (tertiary alicyclic amines) is 1. The number of piperidine rings is 1. The minimum atomic E-state index is -0.948. The summed E-state index contributed by atoms with van der Waals surface area (Å²) in [5, 5.41) is 12.8. The van der Waals surface area contributed by atoms with Crippen LogP contribution in [0.3, 0.4) is 0 Å². The Labute approximate surface area is 155 Å². The molecule has 0 radical (unpaired) electrons. The Morgan fingerprint density at radius 3 is 2.50 bits per heavy atom. The number of carboxylic acid groups (broad SMARTS) is 1. The Kier molecular flexibility index (Phi) is 5.13. The molecule has 26 heavy (non-hydrogen) atoms. The molecule has 138 valence electrons. The van der Waals surface area contributed by atoms with E-state index >= 15 is 0 Å². The molecule has 7 nitrogen and oxygen atoms in total.